The predicted octanol–water partition coefficient (Wildman–Crippen LogP) is -0.956. The highest BCUT2D eigenvalue weighted by Crippen LogP contribution is 2.24. The minimum Gasteiger partial charge on any atom is -0.286 e. The van der Waals surface area contributed by atoms with E-state index < -0.39 is 41.2 Å². The molecule has 22 heavy (non-hydrogen) atoms. The first-order valence-corrected chi connectivity index (χ1v) is 11.8. The summed E-state index contributed by atoms with van der Waals surface area (Å²) in [6.07, 6.45) is 2.59. The van der Waals surface area contributed by atoms with Gasteiger partial charge in [0.2, 0.25) is 20.0 Å². The van der Waals surface area contributed by atoms with Crippen molar-refractivity contribution in [1.82, 2.24) is 9.44 Å². The summed E-state index contributed by atoms with van der Waals surface area (Å²) in [5.41, 5.74) is 0. The first kappa shape index (κ1) is 19.8. The lowest BCUT2D eigenvalue weighted by atomic mass is 9.96. The first-order chi connectivity index (χ1) is 9.89. The van der Waals surface area contributed by atoms with Gasteiger partial charge in [0.05, 0.1) is 17.3 Å². The Balaban J connectivity index is 2.42. The van der Waals surface area contributed by atoms with Gasteiger partial charge in [0, 0.05) is 12.6 Å². The third-order valence-electron chi connectivity index (χ3n) is 3.38. The molecule has 0 aromatic rings. The minimum atomic E-state index is -4.09. The van der Waals surface area contributed by atoms with Crippen molar-refractivity contribution >= 4 is 30.2 Å². The molecule has 1 rings (SSSR count). The molecule has 12 heteroatoms. The van der Waals surface area contributed by atoms with E-state index >= 15 is 0 Å². The lowest BCUT2D eigenvalue weighted by Gasteiger charge is -2.28. The van der Waals surface area contributed by atoms with Crippen molar-refractivity contribution in [1.29, 1.82) is 0 Å². The van der Waals surface area contributed by atoms with E-state index in [-0.39, 0.29) is 19.0 Å². The zero-order chi connectivity index (χ0) is 17.0. The number of rotatable bonds is 8. The second-order valence-corrected chi connectivity index (χ2v) is 10.8. The summed E-state index contributed by atoms with van der Waals surface area (Å²) in [7, 11) is -11.0. The van der Waals surface area contributed by atoms with Gasteiger partial charge in [-0.1, -0.05) is 0 Å². The molecule has 1 aliphatic carbocycles. The summed E-state index contributed by atoms with van der Waals surface area (Å²) in [6, 6.07) is -0.249. The van der Waals surface area contributed by atoms with E-state index in [1.807, 2.05) is 0 Å². The summed E-state index contributed by atoms with van der Waals surface area (Å²) in [5, 5.41) is -0.615. The van der Waals surface area contributed by atoms with E-state index in [0.717, 1.165) is 6.26 Å². The van der Waals surface area contributed by atoms with Crippen LogP contribution < -0.4 is 9.44 Å². The van der Waals surface area contributed by atoms with E-state index in [4.69, 9.17) is 4.55 Å². The highest BCUT2D eigenvalue weighted by molar-refractivity contribution is 7.90. The van der Waals surface area contributed by atoms with E-state index in [2.05, 4.69) is 9.44 Å². The summed E-state index contributed by atoms with van der Waals surface area (Å²) >= 11 is 0. The zero-order valence-electron chi connectivity index (χ0n) is 12.2. The predicted molar refractivity (Wildman–Crippen MR) is 82.0 cm³/mol. The molecule has 0 saturated heterocycles. The van der Waals surface area contributed by atoms with Crippen molar-refractivity contribution in [2.45, 2.75) is 43.4 Å². The molecule has 9 nitrogen and oxygen atoms in total. The topological polar surface area (TPSA) is 147 Å². The van der Waals surface area contributed by atoms with Crippen molar-refractivity contribution in [3.05, 3.63) is 0 Å². The van der Waals surface area contributed by atoms with Gasteiger partial charge in [-0.2, -0.15) is 8.42 Å². The van der Waals surface area contributed by atoms with Crippen molar-refractivity contribution < 1.29 is 29.8 Å². The van der Waals surface area contributed by atoms with E-state index in [1.54, 1.807) is 0 Å². The van der Waals surface area contributed by atoms with Crippen LogP contribution in [-0.4, -0.2) is 59.7 Å². The van der Waals surface area contributed by atoms with Gasteiger partial charge in [0.15, 0.2) is 0 Å². The molecule has 0 amide bonds. The van der Waals surface area contributed by atoms with Crippen LogP contribution in [-0.2, 0) is 30.2 Å². The fourth-order valence-corrected chi connectivity index (χ4v) is 5.29. The van der Waals surface area contributed by atoms with Crippen LogP contribution in [0.2, 0.25) is 0 Å². The zero-order valence-corrected chi connectivity index (χ0v) is 14.7. The van der Waals surface area contributed by atoms with Crippen LogP contribution in [0.25, 0.3) is 0 Å². The molecule has 3 N–H and O–H groups in total. The molecular formula is C10H22N2O7S3. The Bertz CT molecular complexity index is 661. The molecule has 0 aromatic carbocycles. The Morgan fingerprint density at radius 2 is 1.55 bits per heavy atom. The Morgan fingerprint density at radius 3 is 2.00 bits per heavy atom. The third kappa shape index (κ3) is 7.83. The van der Waals surface area contributed by atoms with Gasteiger partial charge in [-0.3, -0.25) is 4.55 Å². The summed E-state index contributed by atoms with van der Waals surface area (Å²) < 4.78 is 80.7. The maximum atomic E-state index is 12.0. The summed E-state index contributed by atoms with van der Waals surface area (Å²) in [4.78, 5) is 0. The number of hydrogen-bond acceptors (Lipinski definition) is 6. The average molecular weight is 378 g/mol. The molecule has 0 heterocycles. The quantitative estimate of drug-likeness (QED) is 0.364. The molecule has 1 aliphatic rings. The smallest absolute Gasteiger partial charge is 0.264 e. The normalized spacial score (nSPS) is 24.3. The van der Waals surface area contributed by atoms with Crippen molar-refractivity contribution in [2.24, 2.45) is 0 Å². The Kier molecular flexibility index (Phi) is 6.77. The van der Waals surface area contributed by atoms with Crippen molar-refractivity contribution in [3.63, 3.8) is 0 Å². The number of nitrogens with one attached hydrogen (secondary N) is 2. The van der Waals surface area contributed by atoms with Gasteiger partial charge in [-0.15, -0.1) is 0 Å². The fraction of sp³-hybridized carbons (Fsp3) is 1.00. The van der Waals surface area contributed by atoms with Gasteiger partial charge in [-0.05, 0) is 32.1 Å². The fourth-order valence-electron chi connectivity index (χ4n) is 2.38. The van der Waals surface area contributed by atoms with Gasteiger partial charge in [0.1, 0.15) is 0 Å². The molecule has 0 aliphatic heterocycles. The minimum absolute atomic E-state index is 0.0109. The van der Waals surface area contributed by atoms with Crippen molar-refractivity contribution in [3.8, 4) is 0 Å². The van der Waals surface area contributed by atoms with Crippen LogP contribution in [0.1, 0.15) is 32.1 Å². The standard InChI is InChI=1S/C10H22N2O7S3/c1-20(13,14)12-9-3-5-10(6-4-9)22(18,19)11-7-2-8-21(15,16)17/h9-12H,2-8H2,1H3,(H,15,16,17). The molecule has 1 saturated carbocycles. The van der Waals surface area contributed by atoms with E-state index in [9.17, 15) is 25.3 Å². The largest absolute Gasteiger partial charge is 0.286 e. The van der Waals surface area contributed by atoms with Gasteiger partial charge >= 0.3 is 0 Å². The van der Waals surface area contributed by atoms with Crippen LogP contribution in [0.15, 0.2) is 0 Å². The average Bonchev–Trinajstić information content (AvgIpc) is 2.32. The molecule has 0 spiro atoms. The van der Waals surface area contributed by atoms with E-state index in [1.165, 1.54) is 0 Å². The van der Waals surface area contributed by atoms with Crippen LogP contribution >= 0.6 is 0 Å². The second kappa shape index (κ2) is 7.53. The van der Waals surface area contributed by atoms with Gasteiger partial charge in [-0.25, -0.2) is 26.3 Å². The Hall–Kier alpha value is -0.270. The number of hydrogen-bond donors (Lipinski definition) is 3. The highest BCUT2D eigenvalue weighted by Gasteiger charge is 2.31. The highest BCUT2D eigenvalue weighted by atomic mass is 32.2. The van der Waals surface area contributed by atoms with E-state index in [0.29, 0.717) is 25.7 Å². The van der Waals surface area contributed by atoms with Crippen molar-refractivity contribution in [2.75, 3.05) is 18.6 Å². The maximum absolute atomic E-state index is 12.0. The monoisotopic (exact) mass is 378 g/mol. The Labute approximate surface area is 131 Å². The molecule has 0 unspecified atom stereocenters. The molecule has 0 atom stereocenters. The van der Waals surface area contributed by atoms with Gasteiger partial charge in [0.25, 0.3) is 10.1 Å². The van der Waals surface area contributed by atoms with Crippen LogP contribution in [0.5, 0.6) is 0 Å². The summed E-state index contributed by atoms with van der Waals surface area (Å²) in [5.74, 6) is -0.499. The van der Waals surface area contributed by atoms with Crippen LogP contribution in [0.4, 0.5) is 0 Å². The molecule has 0 aromatic heterocycles. The second-order valence-electron chi connectivity index (χ2n) is 5.44. The SMILES string of the molecule is CS(=O)(=O)NC1CCC(S(=O)(=O)NCCCS(=O)(=O)O)CC1. The molecule has 0 bridgehead atoms. The first-order valence-electron chi connectivity index (χ1n) is 6.80. The Morgan fingerprint density at radius 1 is 1.00 bits per heavy atom. The summed E-state index contributed by atoms with van der Waals surface area (Å²) in [6.45, 7) is -0.0658. The molecule has 132 valence electrons. The molecule has 1 fully saturated rings. The molecular weight excluding hydrogens is 356 g/mol. The third-order valence-corrected chi connectivity index (χ3v) is 6.90. The van der Waals surface area contributed by atoms with Gasteiger partial charge < -0.3 is 0 Å². The lowest BCUT2D eigenvalue weighted by molar-refractivity contribution is 0.406. The van der Waals surface area contributed by atoms with Crippen LogP contribution in [0.3, 0.4) is 0 Å². The maximum Gasteiger partial charge on any atom is 0.264 e. The van der Waals surface area contributed by atoms with Crippen LogP contribution in [0, 0.1) is 0 Å². The molecule has 0 radical (unpaired) electrons. The lowest BCUT2D eigenvalue weighted by Crippen LogP contribution is -2.43. The number of sulfonamides is 2.